The Hall–Kier alpha value is -2.17. The maximum absolute atomic E-state index is 11.0. The van der Waals surface area contributed by atoms with Gasteiger partial charge in [-0.15, -0.1) is 0 Å². The van der Waals surface area contributed by atoms with Crippen molar-refractivity contribution in [3.05, 3.63) is 45.5 Å². The van der Waals surface area contributed by atoms with Gasteiger partial charge in [-0.2, -0.15) is 0 Å². The highest BCUT2D eigenvalue weighted by Gasteiger charge is 2.16. The van der Waals surface area contributed by atoms with Crippen LogP contribution in [0.3, 0.4) is 0 Å². The molecule has 0 N–H and O–H groups in total. The van der Waals surface area contributed by atoms with Gasteiger partial charge >= 0.3 is 5.97 Å². The van der Waals surface area contributed by atoms with Crippen LogP contribution in [0.5, 0.6) is 0 Å². The van der Waals surface area contributed by atoms with E-state index in [1.54, 1.807) is 12.1 Å². The molecule has 0 fully saturated rings. The fourth-order valence-electron chi connectivity index (χ4n) is 1.54. The monoisotopic (exact) mass is 249 g/mol. The Labute approximate surface area is 105 Å². The molecular formula is C13H15NO4. The van der Waals surface area contributed by atoms with E-state index in [1.165, 1.54) is 25.3 Å². The van der Waals surface area contributed by atoms with Crippen molar-refractivity contribution in [2.24, 2.45) is 0 Å². The molecule has 0 aromatic heterocycles. The summed E-state index contributed by atoms with van der Waals surface area (Å²) in [6, 6.07) is 4.90. The molecule has 0 amide bonds. The number of nitro benzene ring substituents is 1. The summed E-state index contributed by atoms with van der Waals surface area (Å²) in [5, 5.41) is 11.0. The Morgan fingerprint density at radius 2 is 2.11 bits per heavy atom. The van der Waals surface area contributed by atoms with Crippen molar-refractivity contribution in [2.45, 2.75) is 19.8 Å². The van der Waals surface area contributed by atoms with Gasteiger partial charge in [0.25, 0.3) is 5.69 Å². The van der Waals surface area contributed by atoms with Crippen LogP contribution in [-0.4, -0.2) is 18.0 Å². The molecule has 0 heterocycles. The van der Waals surface area contributed by atoms with Crippen molar-refractivity contribution in [2.75, 3.05) is 7.11 Å². The molecule has 0 aliphatic rings. The minimum Gasteiger partial charge on any atom is -0.466 e. The van der Waals surface area contributed by atoms with Crippen LogP contribution in [0.2, 0.25) is 0 Å². The first-order chi connectivity index (χ1) is 8.45. The lowest BCUT2D eigenvalue weighted by molar-refractivity contribution is -0.385. The molecule has 0 bridgehead atoms. The minimum atomic E-state index is -0.495. The maximum atomic E-state index is 11.0. The van der Waals surface area contributed by atoms with Crippen molar-refractivity contribution in [3.63, 3.8) is 0 Å². The summed E-state index contributed by atoms with van der Waals surface area (Å²) in [6.07, 6.45) is 2.72. The van der Waals surface area contributed by atoms with Crippen LogP contribution in [-0.2, 0) is 9.53 Å². The van der Waals surface area contributed by atoms with Crippen molar-refractivity contribution in [1.82, 2.24) is 0 Å². The van der Waals surface area contributed by atoms with Crippen LogP contribution in [0.25, 0.3) is 6.08 Å². The summed E-state index contributed by atoms with van der Waals surface area (Å²) in [5.41, 5.74) is 1.34. The van der Waals surface area contributed by atoms with Gasteiger partial charge in [-0.05, 0) is 17.6 Å². The van der Waals surface area contributed by atoms with Gasteiger partial charge in [0, 0.05) is 17.7 Å². The zero-order valence-corrected chi connectivity index (χ0v) is 10.5. The Bertz CT molecular complexity index is 492. The molecule has 0 radical (unpaired) electrons. The molecule has 1 aromatic carbocycles. The number of carbonyl (C=O) groups excluding carboxylic acids is 1. The van der Waals surface area contributed by atoms with Gasteiger partial charge in [0.1, 0.15) is 0 Å². The van der Waals surface area contributed by atoms with E-state index in [1.807, 2.05) is 13.8 Å². The number of methoxy groups -OCH3 is 1. The molecule has 0 spiro atoms. The Balaban J connectivity index is 3.11. The van der Waals surface area contributed by atoms with Gasteiger partial charge in [-0.3, -0.25) is 10.1 Å². The number of esters is 1. The van der Waals surface area contributed by atoms with Gasteiger partial charge in [-0.25, -0.2) is 4.79 Å². The molecule has 5 heteroatoms. The topological polar surface area (TPSA) is 69.4 Å². The van der Waals surface area contributed by atoms with E-state index in [-0.39, 0.29) is 11.6 Å². The van der Waals surface area contributed by atoms with E-state index in [2.05, 4.69) is 4.74 Å². The number of ether oxygens (including phenoxy) is 1. The Kier molecular flexibility index (Phi) is 4.59. The van der Waals surface area contributed by atoms with Gasteiger partial charge in [0.05, 0.1) is 12.0 Å². The molecule has 5 nitrogen and oxygen atoms in total. The molecular weight excluding hydrogens is 234 g/mol. The van der Waals surface area contributed by atoms with Crippen molar-refractivity contribution < 1.29 is 14.5 Å². The molecule has 1 aromatic rings. The predicted octanol–water partition coefficient (Wildman–Crippen LogP) is 2.90. The summed E-state index contributed by atoms with van der Waals surface area (Å²) < 4.78 is 4.45. The summed E-state index contributed by atoms with van der Waals surface area (Å²) in [6.45, 7) is 3.79. The van der Waals surface area contributed by atoms with Gasteiger partial charge in [0.2, 0.25) is 0 Å². The third-order valence-corrected chi connectivity index (χ3v) is 2.49. The number of carbonyl (C=O) groups is 1. The first-order valence-electron chi connectivity index (χ1n) is 5.50. The SMILES string of the molecule is COC(=O)/C=C/c1ccc(C(C)C)c([N+](=O)[O-])c1. The van der Waals surface area contributed by atoms with Crippen LogP contribution in [0.1, 0.15) is 30.9 Å². The number of rotatable bonds is 4. The van der Waals surface area contributed by atoms with Crippen LogP contribution in [0.4, 0.5) is 5.69 Å². The number of nitrogens with zero attached hydrogens (tertiary/aromatic N) is 1. The molecule has 18 heavy (non-hydrogen) atoms. The Morgan fingerprint density at radius 3 is 2.61 bits per heavy atom. The van der Waals surface area contributed by atoms with Crippen LogP contribution >= 0.6 is 0 Å². The Morgan fingerprint density at radius 1 is 1.44 bits per heavy atom. The van der Waals surface area contributed by atoms with Crippen molar-refractivity contribution in [1.29, 1.82) is 0 Å². The second-order valence-electron chi connectivity index (χ2n) is 4.09. The average Bonchev–Trinajstić information content (AvgIpc) is 2.35. The van der Waals surface area contributed by atoms with E-state index < -0.39 is 10.9 Å². The standard InChI is InChI=1S/C13H15NO4/c1-9(2)11-6-4-10(5-7-13(15)18-3)8-12(11)14(16)17/h4-9H,1-3H3/b7-5+. The van der Waals surface area contributed by atoms with Gasteiger partial charge < -0.3 is 4.74 Å². The minimum absolute atomic E-state index is 0.0667. The highest BCUT2D eigenvalue weighted by Crippen LogP contribution is 2.27. The maximum Gasteiger partial charge on any atom is 0.330 e. The molecule has 96 valence electrons. The fourth-order valence-corrected chi connectivity index (χ4v) is 1.54. The van der Waals surface area contributed by atoms with E-state index in [0.29, 0.717) is 11.1 Å². The van der Waals surface area contributed by atoms with Crippen molar-refractivity contribution >= 4 is 17.7 Å². The summed E-state index contributed by atoms with van der Waals surface area (Å²) in [7, 11) is 1.27. The zero-order chi connectivity index (χ0) is 13.7. The molecule has 1 rings (SSSR count). The number of benzene rings is 1. The summed E-state index contributed by atoms with van der Waals surface area (Å²) >= 11 is 0. The molecule has 0 unspecified atom stereocenters. The molecule has 0 aliphatic heterocycles. The predicted molar refractivity (Wildman–Crippen MR) is 68.2 cm³/mol. The molecule has 0 atom stereocenters. The van der Waals surface area contributed by atoms with Crippen LogP contribution < -0.4 is 0 Å². The largest absolute Gasteiger partial charge is 0.466 e. The van der Waals surface area contributed by atoms with Gasteiger partial charge in [-0.1, -0.05) is 26.0 Å². The highest BCUT2D eigenvalue weighted by atomic mass is 16.6. The number of hydrogen-bond acceptors (Lipinski definition) is 4. The fraction of sp³-hybridized carbons (Fsp3) is 0.308. The highest BCUT2D eigenvalue weighted by molar-refractivity contribution is 5.87. The van der Waals surface area contributed by atoms with Crippen LogP contribution in [0.15, 0.2) is 24.3 Å². The second kappa shape index (κ2) is 5.95. The molecule has 0 aliphatic carbocycles. The smallest absolute Gasteiger partial charge is 0.330 e. The third-order valence-electron chi connectivity index (χ3n) is 2.49. The summed E-state index contributed by atoms with van der Waals surface area (Å²) in [4.78, 5) is 21.5. The van der Waals surface area contributed by atoms with Crippen molar-refractivity contribution in [3.8, 4) is 0 Å². The second-order valence-corrected chi connectivity index (χ2v) is 4.09. The quantitative estimate of drug-likeness (QED) is 0.356. The van der Waals surface area contributed by atoms with Crippen LogP contribution in [0, 0.1) is 10.1 Å². The van der Waals surface area contributed by atoms with Gasteiger partial charge in [0.15, 0.2) is 0 Å². The van der Waals surface area contributed by atoms with E-state index >= 15 is 0 Å². The lowest BCUT2D eigenvalue weighted by Gasteiger charge is -2.06. The number of nitro groups is 1. The van der Waals surface area contributed by atoms with E-state index in [0.717, 1.165) is 0 Å². The first kappa shape index (κ1) is 13.9. The number of hydrogen-bond donors (Lipinski definition) is 0. The third kappa shape index (κ3) is 3.41. The molecule has 0 saturated heterocycles. The van der Waals surface area contributed by atoms with E-state index in [4.69, 9.17) is 0 Å². The first-order valence-corrected chi connectivity index (χ1v) is 5.50. The molecule has 0 saturated carbocycles. The normalized spacial score (nSPS) is 10.9. The van der Waals surface area contributed by atoms with E-state index in [9.17, 15) is 14.9 Å². The summed E-state index contributed by atoms with van der Waals surface area (Å²) in [5.74, 6) is -0.422. The lowest BCUT2D eigenvalue weighted by atomic mass is 9.99. The zero-order valence-electron chi connectivity index (χ0n) is 10.5. The lowest BCUT2D eigenvalue weighted by Crippen LogP contribution is -1.98. The average molecular weight is 249 g/mol.